The Morgan fingerprint density at radius 1 is 0.733 bits per heavy atom. The molecular weight excluding hydrogens is 180 g/mol. The topological polar surface area (TPSA) is 0 Å². The van der Waals surface area contributed by atoms with Crippen LogP contribution in [0.25, 0.3) is 0 Å². The predicted octanol–water partition coefficient (Wildman–Crippen LogP) is 6.06. The van der Waals surface area contributed by atoms with E-state index in [2.05, 4.69) is 27.7 Å². The van der Waals surface area contributed by atoms with E-state index in [4.69, 9.17) is 0 Å². The van der Waals surface area contributed by atoms with E-state index in [0.29, 0.717) is 0 Å². The van der Waals surface area contributed by atoms with E-state index in [1.807, 2.05) is 13.8 Å². The first-order valence-electron chi connectivity index (χ1n) is 7.20. The molecule has 0 fully saturated rings. The Balaban J connectivity index is 0. The van der Waals surface area contributed by atoms with E-state index in [-0.39, 0.29) is 0 Å². The molecule has 2 atom stereocenters. The summed E-state index contributed by atoms with van der Waals surface area (Å²) in [5.41, 5.74) is 0. The normalized spacial score (nSPS) is 14.0. The van der Waals surface area contributed by atoms with Gasteiger partial charge >= 0.3 is 0 Å². The van der Waals surface area contributed by atoms with E-state index in [1.165, 1.54) is 44.9 Å². The van der Waals surface area contributed by atoms with Gasteiger partial charge in [0, 0.05) is 0 Å². The lowest BCUT2D eigenvalue weighted by atomic mass is 9.93. The third-order valence-electron chi connectivity index (χ3n) is 3.15. The molecule has 0 aromatic heterocycles. The highest BCUT2D eigenvalue weighted by molar-refractivity contribution is 4.57. The van der Waals surface area contributed by atoms with Gasteiger partial charge in [-0.2, -0.15) is 0 Å². The molecule has 2 unspecified atom stereocenters. The van der Waals surface area contributed by atoms with Gasteiger partial charge in [0.2, 0.25) is 0 Å². The molecule has 0 aromatic carbocycles. The van der Waals surface area contributed by atoms with Crippen LogP contribution in [-0.2, 0) is 0 Å². The molecule has 0 saturated carbocycles. The summed E-state index contributed by atoms with van der Waals surface area (Å²) in [7, 11) is 0. The van der Waals surface area contributed by atoms with Crippen molar-refractivity contribution in [2.24, 2.45) is 11.8 Å². The van der Waals surface area contributed by atoms with Gasteiger partial charge in [-0.25, -0.2) is 0 Å². The summed E-state index contributed by atoms with van der Waals surface area (Å²) < 4.78 is 0. The van der Waals surface area contributed by atoms with Crippen LogP contribution in [-0.4, -0.2) is 0 Å². The zero-order valence-corrected chi connectivity index (χ0v) is 12.1. The van der Waals surface area contributed by atoms with Crippen LogP contribution in [0.15, 0.2) is 0 Å². The van der Waals surface area contributed by atoms with Gasteiger partial charge in [-0.05, 0) is 11.8 Å². The van der Waals surface area contributed by atoms with Crippen molar-refractivity contribution in [2.45, 2.75) is 86.5 Å². The average Bonchev–Trinajstić information content (AvgIpc) is 2.29. The van der Waals surface area contributed by atoms with Crippen molar-refractivity contribution >= 4 is 0 Å². The molecule has 0 saturated heterocycles. The molecule has 0 aliphatic rings. The van der Waals surface area contributed by atoms with Crippen molar-refractivity contribution in [3.05, 3.63) is 0 Å². The van der Waals surface area contributed by atoms with Gasteiger partial charge in [0.15, 0.2) is 0 Å². The molecule has 0 bridgehead atoms. The van der Waals surface area contributed by atoms with E-state index >= 15 is 0 Å². The predicted molar refractivity (Wildman–Crippen MR) is 73.3 cm³/mol. The maximum absolute atomic E-state index is 2.41. The van der Waals surface area contributed by atoms with Crippen molar-refractivity contribution in [1.82, 2.24) is 0 Å². The maximum atomic E-state index is 2.41. The second-order valence-electron chi connectivity index (χ2n) is 4.69. The van der Waals surface area contributed by atoms with Crippen LogP contribution in [0.5, 0.6) is 0 Å². The van der Waals surface area contributed by atoms with Gasteiger partial charge in [0.25, 0.3) is 0 Å². The summed E-state index contributed by atoms with van der Waals surface area (Å²) in [4.78, 5) is 0. The summed E-state index contributed by atoms with van der Waals surface area (Å²) in [6.07, 6.45) is 9.90. The molecule has 0 spiro atoms. The highest BCUT2D eigenvalue weighted by Gasteiger charge is 2.04. The van der Waals surface area contributed by atoms with E-state index < -0.39 is 0 Å². The molecule has 0 heteroatoms. The summed E-state index contributed by atoms with van der Waals surface area (Å²) in [6.45, 7) is 13.4. The zero-order chi connectivity index (χ0) is 12.1. The molecule has 0 aliphatic carbocycles. The van der Waals surface area contributed by atoms with Gasteiger partial charge in [-0.1, -0.05) is 86.5 Å². The fraction of sp³-hybridized carbons (Fsp3) is 1.00. The van der Waals surface area contributed by atoms with Gasteiger partial charge in [-0.15, -0.1) is 0 Å². The van der Waals surface area contributed by atoms with Gasteiger partial charge in [0.05, 0.1) is 0 Å². The monoisotopic (exact) mass is 214 g/mol. The molecule has 0 amide bonds. The Kier molecular flexibility index (Phi) is 16.2. The molecule has 0 heterocycles. The summed E-state index contributed by atoms with van der Waals surface area (Å²) in [6, 6.07) is 0. The SMILES string of the molecule is CC.CCCCCC(C)CCC(C)CC. The second-order valence-corrected chi connectivity index (χ2v) is 4.69. The highest BCUT2D eigenvalue weighted by atomic mass is 14.1. The maximum Gasteiger partial charge on any atom is -0.0443 e. The van der Waals surface area contributed by atoms with Crippen molar-refractivity contribution in [2.75, 3.05) is 0 Å². The lowest BCUT2D eigenvalue weighted by Gasteiger charge is -2.13. The largest absolute Gasteiger partial charge is 0.0683 e. The molecule has 0 aromatic rings. The molecule has 0 nitrogen and oxygen atoms in total. The standard InChI is InChI=1S/C13H28.C2H6/c1-5-7-8-9-13(4)11-10-12(3)6-2;1-2/h12-13H,5-11H2,1-4H3;1-2H3. The molecule has 0 rings (SSSR count). The smallest absolute Gasteiger partial charge is 0.0443 e. The van der Waals surface area contributed by atoms with Crippen LogP contribution in [0, 0.1) is 11.8 Å². The minimum atomic E-state index is 0.939. The molecule has 15 heavy (non-hydrogen) atoms. The second kappa shape index (κ2) is 14.0. The number of unbranched alkanes of at least 4 members (excludes halogenated alkanes) is 2. The Labute approximate surface area is 98.9 Å². The summed E-state index contributed by atoms with van der Waals surface area (Å²) >= 11 is 0. The number of hydrogen-bond acceptors (Lipinski definition) is 0. The zero-order valence-electron chi connectivity index (χ0n) is 12.1. The molecule has 0 N–H and O–H groups in total. The van der Waals surface area contributed by atoms with Crippen molar-refractivity contribution in [3.63, 3.8) is 0 Å². The Morgan fingerprint density at radius 2 is 1.27 bits per heavy atom. The first kappa shape index (κ1) is 17.4. The molecule has 94 valence electrons. The first-order valence-corrected chi connectivity index (χ1v) is 7.20. The third-order valence-corrected chi connectivity index (χ3v) is 3.15. The summed E-state index contributed by atoms with van der Waals surface area (Å²) in [5, 5.41) is 0. The van der Waals surface area contributed by atoms with Crippen LogP contribution in [0.2, 0.25) is 0 Å². The minimum absolute atomic E-state index is 0.939. The summed E-state index contributed by atoms with van der Waals surface area (Å²) in [5.74, 6) is 1.90. The van der Waals surface area contributed by atoms with Crippen LogP contribution >= 0.6 is 0 Å². The quantitative estimate of drug-likeness (QED) is 0.431. The van der Waals surface area contributed by atoms with Crippen LogP contribution in [0.1, 0.15) is 86.5 Å². The van der Waals surface area contributed by atoms with Crippen LogP contribution in [0.3, 0.4) is 0 Å². The number of hydrogen-bond donors (Lipinski definition) is 0. The minimum Gasteiger partial charge on any atom is -0.0683 e. The van der Waals surface area contributed by atoms with E-state index in [9.17, 15) is 0 Å². The first-order chi connectivity index (χ1) is 7.20. The average molecular weight is 214 g/mol. The Morgan fingerprint density at radius 3 is 1.73 bits per heavy atom. The molecule has 0 radical (unpaired) electrons. The van der Waals surface area contributed by atoms with E-state index in [1.54, 1.807) is 0 Å². The van der Waals surface area contributed by atoms with Gasteiger partial charge < -0.3 is 0 Å². The van der Waals surface area contributed by atoms with Crippen molar-refractivity contribution in [3.8, 4) is 0 Å². The lowest BCUT2D eigenvalue weighted by molar-refractivity contribution is 0.395. The highest BCUT2D eigenvalue weighted by Crippen LogP contribution is 2.19. The van der Waals surface area contributed by atoms with Crippen LogP contribution < -0.4 is 0 Å². The van der Waals surface area contributed by atoms with E-state index in [0.717, 1.165) is 11.8 Å². The van der Waals surface area contributed by atoms with Crippen LogP contribution in [0.4, 0.5) is 0 Å². The van der Waals surface area contributed by atoms with Gasteiger partial charge in [-0.3, -0.25) is 0 Å². The Hall–Kier alpha value is 0. The lowest BCUT2D eigenvalue weighted by Crippen LogP contribution is -1.99. The number of rotatable bonds is 8. The molecule has 0 aliphatic heterocycles. The fourth-order valence-corrected chi connectivity index (χ4v) is 1.66. The molecular formula is C15H34. The third kappa shape index (κ3) is 14.0. The Bertz CT molecular complexity index is 96.2. The fourth-order valence-electron chi connectivity index (χ4n) is 1.66. The van der Waals surface area contributed by atoms with Crippen molar-refractivity contribution < 1.29 is 0 Å². The van der Waals surface area contributed by atoms with Crippen molar-refractivity contribution in [1.29, 1.82) is 0 Å². The van der Waals surface area contributed by atoms with Gasteiger partial charge in [0.1, 0.15) is 0 Å².